The Kier molecular flexibility index (Phi) is 6.07. The minimum absolute atomic E-state index is 0.721. The number of halogens is 2. The molecule has 0 saturated heterocycles. The fourth-order valence-electron chi connectivity index (χ4n) is 2.05. The highest BCUT2D eigenvalue weighted by molar-refractivity contribution is 9.10. The first-order chi connectivity index (χ1) is 11.7. The number of nitriles is 1. The number of benzene rings is 3. The van der Waals surface area contributed by atoms with Crippen molar-refractivity contribution in [2.45, 2.75) is 19.6 Å². The smallest absolute Gasteiger partial charge is 0.102 e. The lowest BCUT2D eigenvalue weighted by Crippen LogP contribution is -1.86. The fourth-order valence-corrected chi connectivity index (χ4v) is 4.50. The first kappa shape index (κ1) is 17.6. The summed E-state index contributed by atoms with van der Waals surface area (Å²) in [6, 6.07) is 24.6. The standard InChI is InChI=1S/C19H11Br2NS2/c20-13-4-8-15(9-5-13)23-18-2-1-3-19(17(18)12-22)24-16-10-6-14(21)7-11-16/h1-11H. The van der Waals surface area contributed by atoms with Crippen molar-refractivity contribution in [3.8, 4) is 6.07 Å². The Morgan fingerprint density at radius 3 is 1.46 bits per heavy atom. The van der Waals surface area contributed by atoms with Gasteiger partial charge >= 0.3 is 0 Å². The van der Waals surface area contributed by atoms with E-state index in [4.69, 9.17) is 0 Å². The first-order valence-corrected chi connectivity index (χ1v) is 10.3. The van der Waals surface area contributed by atoms with Crippen LogP contribution in [0.1, 0.15) is 5.56 Å². The Balaban J connectivity index is 1.89. The summed E-state index contributed by atoms with van der Waals surface area (Å²) >= 11 is 10.1. The van der Waals surface area contributed by atoms with Crippen molar-refractivity contribution in [2.75, 3.05) is 0 Å². The molecule has 0 heterocycles. The Morgan fingerprint density at radius 1 is 0.667 bits per heavy atom. The van der Waals surface area contributed by atoms with Crippen LogP contribution in [0.2, 0.25) is 0 Å². The highest BCUT2D eigenvalue weighted by atomic mass is 79.9. The lowest BCUT2D eigenvalue weighted by atomic mass is 10.2. The van der Waals surface area contributed by atoms with Crippen LogP contribution in [0.3, 0.4) is 0 Å². The van der Waals surface area contributed by atoms with Gasteiger partial charge in [0, 0.05) is 28.5 Å². The van der Waals surface area contributed by atoms with Gasteiger partial charge in [-0.3, -0.25) is 0 Å². The lowest BCUT2D eigenvalue weighted by Gasteiger charge is -2.09. The van der Waals surface area contributed by atoms with Crippen LogP contribution in [-0.4, -0.2) is 0 Å². The summed E-state index contributed by atoms with van der Waals surface area (Å²) < 4.78 is 2.10. The van der Waals surface area contributed by atoms with Crippen LogP contribution < -0.4 is 0 Å². The van der Waals surface area contributed by atoms with Gasteiger partial charge in [0.05, 0.1) is 5.56 Å². The molecular formula is C19H11Br2NS2. The molecule has 5 heteroatoms. The van der Waals surface area contributed by atoms with E-state index in [1.54, 1.807) is 23.5 Å². The molecule has 118 valence electrons. The van der Waals surface area contributed by atoms with E-state index in [-0.39, 0.29) is 0 Å². The van der Waals surface area contributed by atoms with E-state index in [9.17, 15) is 5.26 Å². The van der Waals surface area contributed by atoms with Crippen LogP contribution in [0.15, 0.2) is 95.3 Å². The van der Waals surface area contributed by atoms with Gasteiger partial charge in [-0.2, -0.15) is 5.26 Å². The second-order valence-electron chi connectivity index (χ2n) is 4.85. The minimum atomic E-state index is 0.721. The molecule has 0 aliphatic rings. The monoisotopic (exact) mass is 475 g/mol. The van der Waals surface area contributed by atoms with Gasteiger partial charge in [0.15, 0.2) is 0 Å². The largest absolute Gasteiger partial charge is 0.192 e. The molecular weight excluding hydrogens is 466 g/mol. The molecule has 0 fully saturated rings. The zero-order valence-corrected chi connectivity index (χ0v) is 17.2. The summed E-state index contributed by atoms with van der Waals surface area (Å²) in [7, 11) is 0. The molecule has 0 radical (unpaired) electrons. The maximum Gasteiger partial charge on any atom is 0.102 e. The zero-order chi connectivity index (χ0) is 16.9. The summed E-state index contributed by atoms with van der Waals surface area (Å²) in [6.45, 7) is 0. The molecule has 0 amide bonds. The van der Waals surface area contributed by atoms with Gasteiger partial charge in [0.25, 0.3) is 0 Å². The Morgan fingerprint density at radius 2 is 1.08 bits per heavy atom. The van der Waals surface area contributed by atoms with Gasteiger partial charge in [-0.05, 0) is 60.7 Å². The molecule has 0 N–H and O–H groups in total. The van der Waals surface area contributed by atoms with Crippen LogP contribution in [0.25, 0.3) is 0 Å². The molecule has 3 aromatic rings. The molecule has 1 nitrogen and oxygen atoms in total. The molecule has 0 atom stereocenters. The summed E-state index contributed by atoms with van der Waals surface area (Å²) in [4.78, 5) is 4.17. The Labute approximate surface area is 166 Å². The molecule has 0 saturated carbocycles. The number of nitrogens with zero attached hydrogens (tertiary/aromatic N) is 1. The summed E-state index contributed by atoms with van der Waals surface area (Å²) in [5.74, 6) is 0. The SMILES string of the molecule is N#Cc1c(Sc2ccc(Br)cc2)cccc1Sc1ccc(Br)cc1. The molecule has 0 bridgehead atoms. The fraction of sp³-hybridized carbons (Fsp3) is 0. The van der Waals surface area contributed by atoms with E-state index < -0.39 is 0 Å². The van der Waals surface area contributed by atoms with E-state index in [0.29, 0.717) is 0 Å². The van der Waals surface area contributed by atoms with Crippen LogP contribution in [-0.2, 0) is 0 Å². The van der Waals surface area contributed by atoms with Crippen molar-refractivity contribution >= 4 is 55.4 Å². The average Bonchev–Trinajstić information content (AvgIpc) is 2.59. The number of hydrogen-bond acceptors (Lipinski definition) is 3. The maximum atomic E-state index is 9.65. The maximum absolute atomic E-state index is 9.65. The van der Waals surface area contributed by atoms with Gasteiger partial charge in [0.1, 0.15) is 6.07 Å². The summed E-state index contributed by atoms with van der Waals surface area (Å²) in [5, 5.41) is 9.65. The van der Waals surface area contributed by atoms with E-state index in [0.717, 1.165) is 34.1 Å². The minimum Gasteiger partial charge on any atom is -0.192 e. The van der Waals surface area contributed by atoms with Crippen LogP contribution >= 0.6 is 55.4 Å². The molecule has 3 aromatic carbocycles. The molecule has 0 aliphatic carbocycles. The third-order valence-corrected chi connectivity index (χ3v) is 6.38. The summed E-state index contributed by atoms with van der Waals surface area (Å²) in [6.07, 6.45) is 0. The normalized spacial score (nSPS) is 10.4. The predicted octanol–water partition coefficient (Wildman–Crippen LogP) is 7.39. The van der Waals surface area contributed by atoms with Crippen LogP contribution in [0.5, 0.6) is 0 Å². The van der Waals surface area contributed by atoms with Crippen molar-refractivity contribution in [3.63, 3.8) is 0 Å². The van der Waals surface area contributed by atoms with Crippen LogP contribution in [0.4, 0.5) is 0 Å². The van der Waals surface area contributed by atoms with Crippen molar-refractivity contribution in [2.24, 2.45) is 0 Å². The van der Waals surface area contributed by atoms with Gasteiger partial charge in [0.2, 0.25) is 0 Å². The Hall–Kier alpha value is -1.19. The number of hydrogen-bond donors (Lipinski definition) is 0. The molecule has 0 spiro atoms. The average molecular weight is 477 g/mol. The molecule has 24 heavy (non-hydrogen) atoms. The third-order valence-electron chi connectivity index (χ3n) is 3.18. The predicted molar refractivity (Wildman–Crippen MR) is 108 cm³/mol. The zero-order valence-electron chi connectivity index (χ0n) is 12.4. The molecule has 0 aliphatic heterocycles. The van der Waals surface area contributed by atoms with E-state index >= 15 is 0 Å². The van der Waals surface area contributed by atoms with E-state index in [1.807, 2.05) is 66.7 Å². The first-order valence-electron chi connectivity index (χ1n) is 7.05. The van der Waals surface area contributed by atoms with Crippen molar-refractivity contribution < 1.29 is 0 Å². The Bertz CT molecular complexity index is 819. The van der Waals surface area contributed by atoms with Crippen molar-refractivity contribution in [3.05, 3.63) is 81.2 Å². The van der Waals surface area contributed by atoms with Gasteiger partial charge in [-0.25, -0.2) is 0 Å². The molecule has 3 rings (SSSR count). The molecule has 0 aromatic heterocycles. The lowest BCUT2D eigenvalue weighted by molar-refractivity contribution is 1.25. The van der Waals surface area contributed by atoms with Crippen molar-refractivity contribution in [1.82, 2.24) is 0 Å². The van der Waals surface area contributed by atoms with Crippen LogP contribution in [0, 0.1) is 11.3 Å². The van der Waals surface area contributed by atoms with E-state index in [2.05, 4.69) is 37.9 Å². The summed E-state index contributed by atoms with van der Waals surface area (Å²) in [5.41, 5.74) is 0.721. The number of rotatable bonds is 4. The highest BCUT2D eigenvalue weighted by Crippen LogP contribution is 2.38. The quantitative estimate of drug-likeness (QED) is 0.392. The van der Waals surface area contributed by atoms with Gasteiger partial charge < -0.3 is 0 Å². The van der Waals surface area contributed by atoms with Gasteiger partial charge in [-0.1, -0.05) is 61.5 Å². The third kappa shape index (κ3) is 4.46. The molecule has 0 unspecified atom stereocenters. The second-order valence-corrected chi connectivity index (χ2v) is 8.92. The van der Waals surface area contributed by atoms with Crippen molar-refractivity contribution in [1.29, 1.82) is 5.26 Å². The van der Waals surface area contributed by atoms with E-state index in [1.165, 1.54) is 0 Å². The topological polar surface area (TPSA) is 23.8 Å². The van der Waals surface area contributed by atoms with Gasteiger partial charge in [-0.15, -0.1) is 0 Å². The highest BCUT2D eigenvalue weighted by Gasteiger charge is 2.11. The second kappa shape index (κ2) is 8.26.